The first-order valence-corrected chi connectivity index (χ1v) is 7.85. The molecule has 1 atom stereocenters. The van der Waals surface area contributed by atoms with Crippen molar-refractivity contribution in [3.63, 3.8) is 0 Å². The Morgan fingerprint density at radius 1 is 1.26 bits per heavy atom. The van der Waals surface area contributed by atoms with E-state index >= 15 is 0 Å². The summed E-state index contributed by atoms with van der Waals surface area (Å²) in [6.07, 6.45) is 4.92. The van der Waals surface area contributed by atoms with E-state index in [2.05, 4.69) is 25.6 Å². The van der Waals surface area contributed by atoms with Crippen LogP contribution in [-0.4, -0.2) is 43.0 Å². The second kappa shape index (κ2) is 5.49. The van der Waals surface area contributed by atoms with Crippen LogP contribution in [0.5, 0.6) is 0 Å². The summed E-state index contributed by atoms with van der Waals surface area (Å²) in [5.74, 6) is 0.0357. The van der Waals surface area contributed by atoms with Crippen molar-refractivity contribution in [3.8, 4) is 0 Å². The van der Waals surface area contributed by atoms with E-state index in [0.717, 1.165) is 42.6 Å². The molecule has 3 aromatic rings. The number of nitrogens with one attached hydrogen (secondary N) is 2. The molecule has 2 aromatic heterocycles. The number of likely N-dealkylation sites (tertiary alicyclic amines) is 1. The molecule has 0 aliphatic carbocycles. The molecule has 1 aliphatic rings. The second-order valence-electron chi connectivity index (χ2n) is 6.00. The van der Waals surface area contributed by atoms with Crippen LogP contribution in [0.25, 0.3) is 11.0 Å². The molecule has 2 N–H and O–H groups in total. The van der Waals surface area contributed by atoms with Crippen LogP contribution in [0.3, 0.4) is 0 Å². The summed E-state index contributed by atoms with van der Waals surface area (Å²) < 4.78 is 0. The SMILES string of the molecule is Cc1cn[nH]c1C1CCCCN1C(=O)c1ccc2n[nH]nc2c1. The normalized spacial score (nSPS) is 18.5. The zero-order valence-corrected chi connectivity index (χ0v) is 12.9. The lowest BCUT2D eigenvalue weighted by molar-refractivity contribution is 0.0605. The summed E-state index contributed by atoms with van der Waals surface area (Å²) in [7, 11) is 0. The summed E-state index contributed by atoms with van der Waals surface area (Å²) in [5, 5.41) is 17.9. The van der Waals surface area contributed by atoms with Crippen LogP contribution in [0.1, 0.15) is 46.9 Å². The van der Waals surface area contributed by atoms with E-state index in [1.807, 2.05) is 30.2 Å². The second-order valence-corrected chi connectivity index (χ2v) is 6.00. The predicted molar refractivity (Wildman–Crippen MR) is 84.8 cm³/mol. The Kier molecular flexibility index (Phi) is 3.33. The number of hydrogen-bond acceptors (Lipinski definition) is 4. The Balaban J connectivity index is 1.68. The number of aromatic amines is 2. The number of carbonyl (C=O) groups excluding carboxylic acids is 1. The molecular weight excluding hydrogens is 292 g/mol. The number of amides is 1. The van der Waals surface area contributed by atoms with Crippen molar-refractivity contribution in [2.75, 3.05) is 6.54 Å². The molecule has 23 heavy (non-hydrogen) atoms. The minimum Gasteiger partial charge on any atom is -0.330 e. The van der Waals surface area contributed by atoms with Gasteiger partial charge in [-0.1, -0.05) is 0 Å². The van der Waals surface area contributed by atoms with Crippen LogP contribution in [0.2, 0.25) is 0 Å². The average Bonchev–Trinajstić information content (AvgIpc) is 3.22. The van der Waals surface area contributed by atoms with Crippen LogP contribution in [0.15, 0.2) is 24.4 Å². The number of H-pyrrole nitrogens is 2. The quantitative estimate of drug-likeness (QED) is 0.760. The third-order valence-electron chi connectivity index (χ3n) is 4.53. The molecule has 3 heterocycles. The topological polar surface area (TPSA) is 90.6 Å². The number of nitrogens with zero attached hydrogens (tertiary/aromatic N) is 4. The lowest BCUT2D eigenvalue weighted by Crippen LogP contribution is -2.39. The largest absolute Gasteiger partial charge is 0.330 e. The summed E-state index contributed by atoms with van der Waals surface area (Å²) in [6, 6.07) is 5.50. The third kappa shape index (κ3) is 2.38. The maximum absolute atomic E-state index is 13.0. The number of hydrogen-bond donors (Lipinski definition) is 2. The lowest BCUT2D eigenvalue weighted by Gasteiger charge is -2.35. The molecule has 0 saturated carbocycles. The molecule has 7 nitrogen and oxygen atoms in total. The number of carbonyl (C=O) groups is 1. The van der Waals surface area contributed by atoms with Gasteiger partial charge < -0.3 is 4.90 Å². The molecule has 1 aliphatic heterocycles. The predicted octanol–water partition coefficient (Wildman–Crippen LogP) is 2.36. The average molecular weight is 310 g/mol. The standard InChI is InChI=1S/C16H18N6O/c1-10-9-17-20-15(10)14-4-2-3-7-22(14)16(23)11-5-6-12-13(8-11)19-21-18-12/h5-6,8-9,14H,2-4,7H2,1H3,(H,17,20)(H,18,19,21). The van der Waals surface area contributed by atoms with E-state index in [-0.39, 0.29) is 11.9 Å². The molecule has 1 aromatic carbocycles. The van der Waals surface area contributed by atoms with Crippen molar-refractivity contribution >= 4 is 16.9 Å². The molecule has 0 bridgehead atoms. The van der Waals surface area contributed by atoms with E-state index in [4.69, 9.17) is 0 Å². The molecule has 4 rings (SSSR count). The van der Waals surface area contributed by atoms with Crippen molar-refractivity contribution in [2.45, 2.75) is 32.2 Å². The van der Waals surface area contributed by atoms with Gasteiger partial charge in [-0.3, -0.25) is 9.89 Å². The molecule has 7 heteroatoms. The first-order chi connectivity index (χ1) is 11.2. The minimum atomic E-state index is 0.0357. The van der Waals surface area contributed by atoms with Gasteiger partial charge in [-0.15, -0.1) is 0 Å². The third-order valence-corrected chi connectivity index (χ3v) is 4.53. The number of aryl methyl sites for hydroxylation is 1. The first-order valence-electron chi connectivity index (χ1n) is 7.85. The van der Waals surface area contributed by atoms with Crippen LogP contribution >= 0.6 is 0 Å². The Hall–Kier alpha value is -2.70. The van der Waals surface area contributed by atoms with Crippen molar-refractivity contribution in [1.29, 1.82) is 0 Å². The van der Waals surface area contributed by atoms with Gasteiger partial charge in [0.05, 0.1) is 17.9 Å². The van der Waals surface area contributed by atoms with Crippen molar-refractivity contribution in [2.24, 2.45) is 0 Å². The Bertz CT molecular complexity index is 851. The van der Waals surface area contributed by atoms with Gasteiger partial charge in [0.2, 0.25) is 0 Å². The van der Waals surface area contributed by atoms with Gasteiger partial charge in [0, 0.05) is 12.1 Å². The van der Waals surface area contributed by atoms with Gasteiger partial charge in [-0.25, -0.2) is 0 Å². The monoisotopic (exact) mass is 310 g/mol. The van der Waals surface area contributed by atoms with E-state index in [0.29, 0.717) is 11.1 Å². The highest BCUT2D eigenvalue weighted by atomic mass is 16.2. The maximum Gasteiger partial charge on any atom is 0.254 e. The molecule has 118 valence electrons. The minimum absolute atomic E-state index is 0.0357. The number of fused-ring (bicyclic) bond motifs is 1. The zero-order valence-electron chi connectivity index (χ0n) is 12.9. The van der Waals surface area contributed by atoms with Gasteiger partial charge in [0.25, 0.3) is 5.91 Å². The van der Waals surface area contributed by atoms with E-state index in [1.54, 1.807) is 6.07 Å². The number of benzene rings is 1. The van der Waals surface area contributed by atoms with Crippen LogP contribution in [-0.2, 0) is 0 Å². The van der Waals surface area contributed by atoms with Crippen LogP contribution < -0.4 is 0 Å². The number of aromatic nitrogens is 5. The highest BCUT2D eigenvalue weighted by Gasteiger charge is 2.30. The van der Waals surface area contributed by atoms with Gasteiger partial charge in [0.1, 0.15) is 11.0 Å². The summed E-state index contributed by atoms with van der Waals surface area (Å²) in [6.45, 7) is 2.79. The summed E-state index contributed by atoms with van der Waals surface area (Å²) in [5.41, 5.74) is 4.26. The Labute approximate surface area is 133 Å². The van der Waals surface area contributed by atoms with Crippen molar-refractivity contribution in [1.82, 2.24) is 30.5 Å². The fraction of sp³-hybridized carbons (Fsp3) is 0.375. The Morgan fingerprint density at radius 3 is 2.96 bits per heavy atom. The molecule has 0 spiro atoms. The molecule has 1 amide bonds. The maximum atomic E-state index is 13.0. The van der Waals surface area contributed by atoms with Gasteiger partial charge >= 0.3 is 0 Å². The summed E-state index contributed by atoms with van der Waals surface area (Å²) >= 11 is 0. The molecule has 1 fully saturated rings. The summed E-state index contributed by atoms with van der Waals surface area (Å²) in [4.78, 5) is 15.0. The molecular formula is C16H18N6O. The van der Waals surface area contributed by atoms with Gasteiger partial charge in [-0.05, 0) is 49.9 Å². The smallest absolute Gasteiger partial charge is 0.254 e. The van der Waals surface area contributed by atoms with Gasteiger partial charge in [-0.2, -0.15) is 20.5 Å². The van der Waals surface area contributed by atoms with E-state index < -0.39 is 0 Å². The fourth-order valence-electron chi connectivity index (χ4n) is 3.31. The zero-order chi connectivity index (χ0) is 15.8. The molecule has 1 unspecified atom stereocenters. The number of rotatable bonds is 2. The Morgan fingerprint density at radius 2 is 2.13 bits per heavy atom. The van der Waals surface area contributed by atoms with Crippen LogP contribution in [0, 0.1) is 6.92 Å². The van der Waals surface area contributed by atoms with Gasteiger partial charge in [0.15, 0.2) is 0 Å². The highest BCUT2D eigenvalue weighted by Crippen LogP contribution is 2.32. The fourth-order valence-corrected chi connectivity index (χ4v) is 3.31. The number of piperidine rings is 1. The molecule has 1 saturated heterocycles. The lowest BCUT2D eigenvalue weighted by atomic mass is 9.96. The van der Waals surface area contributed by atoms with Crippen molar-refractivity contribution in [3.05, 3.63) is 41.2 Å². The molecule has 0 radical (unpaired) electrons. The van der Waals surface area contributed by atoms with Crippen LogP contribution in [0.4, 0.5) is 0 Å². The highest BCUT2D eigenvalue weighted by molar-refractivity contribution is 5.97. The van der Waals surface area contributed by atoms with Crippen molar-refractivity contribution < 1.29 is 4.79 Å². The van der Waals surface area contributed by atoms with E-state index in [1.165, 1.54) is 0 Å². The first kappa shape index (κ1) is 13.9. The van der Waals surface area contributed by atoms with E-state index in [9.17, 15) is 4.79 Å².